The maximum atomic E-state index is 13.2. The van der Waals surface area contributed by atoms with Gasteiger partial charge in [0.15, 0.2) is 0 Å². The fourth-order valence-electron chi connectivity index (χ4n) is 1.76. The van der Waals surface area contributed by atoms with Crippen LogP contribution >= 0.6 is 0 Å². The number of aryl methyl sites for hydroxylation is 2. The molecule has 0 bridgehead atoms. The van der Waals surface area contributed by atoms with Crippen molar-refractivity contribution in [2.75, 3.05) is 0 Å². The van der Waals surface area contributed by atoms with Crippen molar-refractivity contribution in [2.45, 2.75) is 13.8 Å². The summed E-state index contributed by atoms with van der Waals surface area (Å²) in [5.74, 6) is -0.182. The summed E-state index contributed by atoms with van der Waals surface area (Å²) in [4.78, 5) is 0. The molecule has 15 heavy (non-hydrogen) atoms. The molecule has 0 aliphatic heterocycles. The molecule has 0 unspecified atom stereocenters. The van der Waals surface area contributed by atoms with Gasteiger partial charge in [-0.2, -0.15) is 0 Å². The first-order chi connectivity index (χ1) is 7.18. The summed E-state index contributed by atoms with van der Waals surface area (Å²) in [5, 5.41) is 0. The third kappa shape index (κ3) is 1.91. The lowest BCUT2D eigenvalue weighted by Gasteiger charge is -2.08. The fraction of sp³-hybridized carbons (Fsp3) is 0.143. The average molecular weight is 200 g/mol. The van der Waals surface area contributed by atoms with Crippen LogP contribution in [-0.2, 0) is 0 Å². The Morgan fingerprint density at radius 3 is 2.20 bits per heavy atom. The van der Waals surface area contributed by atoms with Crippen LogP contribution in [0.3, 0.4) is 0 Å². The summed E-state index contributed by atoms with van der Waals surface area (Å²) in [7, 11) is 0. The molecule has 0 saturated carbocycles. The third-order valence-electron chi connectivity index (χ3n) is 2.63. The van der Waals surface area contributed by atoms with Crippen LogP contribution in [0.1, 0.15) is 11.1 Å². The van der Waals surface area contributed by atoms with Gasteiger partial charge in [-0.3, -0.25) is 0 Å². The van der Waals surface area contributed by atoms with Crippen LogP contribution < -0.4 is 0 Å². The second-order valence-corrected chi connectivity index (χ2v) is 3.77. The fourth-order valence-corrected chi connectivity index (χ4v) is 1.76. The lowest BCUT2D eigenvalue weighted by Crippen LogP contribution is -1.87. The van der Waals surface area contributed by atoms with E-state index in [0.29, 0.717) is 0 Å². The molecule has 0 N–H and O–H groups in total. The molecule has 2 aromatic rings. The number of rotatable bonds is 1. The van der Waals surface area contributed by atoms with Crippen molar-refractivity contribution in [1.29, 1.82) is 0 Å². The van der Waals surface area contributed by atoms with E-state index in [1.54, 1.807) is 6.07 Å². The zero-order chi connectivity index (χ0) is 10.8. The average Bonchev–Trinajstić information content (AvgIpc) is 2.23. The van der Waals surface area contributed by atoms with Gasteiger partial charge < -0.3 is 0 Å². The summed E-state index contributed by atoms with van der Waals surface area (Å²) in [5.41, 5.74) is 4.36. The minimum atomic E-state index is -0.182. The van der Waals surface area contributed by atoms with Crippen molar-refractivity contribution < 1.29 is 4.39 Å². The van der Waals surface area contributed by atoms with E-state index in [1.165, 1.54) is 11.6 Å². The Bertz CT molecular complexity index is 486. The zero-order valence-corrected chi connectivity index (χ0v) is 8.92. The second kappa shape index (κ2) is 3.85. The van der Waals surface area contributed by atoms with Crippen LogP contribution in [0.2, 0.25) is 0 Å². The highest BCUT2D eigenvalue weighted by atomic mass is 19.1. The summed E-state index contributed by atoms with van der Waals surface area (Å²) in [6.07, 6.45) is 0. The SMILES string of the molecule is Cc1ccccc1-c1cc(F)ccc1C. The number of hydrogen-bond donors (Lipinski definition) is 0. The van der Waals surface area contributed by atoms with E-state index in [1.807, 2.05) is 44.2 Å². The molecule has 0 spiro atoms. The molecule has 0 heterocycles. The monoisotopic (exact) mass is 200 g/mol. The molecule has 76 valence electrons. The highest BCUT2D eigenvalue weighted by molar-refractivity contribution is 5.70. The van der Waals surface area contributed by atoms with Crippen molar-refractivity contribution in [1.82, 2.24) is 0 Å². The van der Waals surface area contributed by atoms with Gasteiger partial charge in [-0.25, -0.2) is 4.39 Å². The van der Waals surface area contributed by atoms with E-state index in [4.69, 9.17) is 0 Å². The van der Waals surface area contributed by atoms with Crippen LogP contribution in [0.25, 0.3) is 11.1 Å². The highest BCUT2D eigenvalue weighted by Crippen LogP contribution is 2.26. The predicted octanol–water partition coefficient (Wildman–Crippen LogP) is 4.11. The molecule has 0 aliphatic carbocycles. The topological polar surface area (TPSA) is 0 Å². The zero-order valence-electron chi connectivity index (χ0n) is 8.92. The van der Waals surface area contributed by atoms with Crippen molar-refractivity contribution >= 4 is 0 Å². The molecular formula is C14H13F. The lowest BCUT2D eigenvalue weighted by molar-refractivity contribution is 0.628. The van der Waals surface area contributed by atoms with Gasteiger partial charge in [0.25, 0.3) is 0 Å². The molecule has 2 aromatic carbocycles. The first-order valence-corrected chi connectivity index (χ1v) is 5.00. The van der Waals surface area contributed by atoms with E-state index >= 15 is 0 Å². The van der Waals surface area contributed by atoms with Crippen LogP contribution in [0.5, 0.6) is 0 Å². The molecule has 0 aromatic heterocycles. The predicted molar refractivity (Wildman–Crippen MR) is 61.3 cm³/mol. The summed E-state index contributed by atoms with van der Waals surface area (Å²) < 4.78 is 13.2. The van der Waals surface area contributed by atoms with E-state index < -0.39 is 0 Å². The first-order valence-electron chi connectivity index (χ1n) is 5.00. The smallest absolute Gasteiger partial charge is 0.123 e. The van der Waals surface area contributed by atoms with Gasteiger partial charge in [0.2, 0.25) is 0 Å². The molecule has 0 radical (unpaired) electrons. The molecule has 0 saturated heterocycles. The summed E-state index contributed by atoms with van der Waals surface area (Å²) in [6.45, 7) is 4.04. The van der Waals surface area contributed by atoms with E-state index in [-0.39, 0.29) is 5.82 Å². The maximum Gasteiger partial charge on any atom is 0.123 e. The molecular weight excluding hydrogens is 187 g/mol. The Hall–Kier alpha value is -1.63. The number of hydrogen-bond acceptors (Lipinski definition) is 0. The second-order valence-electron chi connectivity index (χ2n) is 3.77. The Labute approximate surface area is 89.4 Å². The van der Waals surface area contributed by atoms with Gasteiger partial charge in [-0.1, -0.05) is 30.3 Å². The maximum absolute atomic E-state index is 13.2. The molecule has 0 nitrogen and oxygen atoms in total. The quantitative estimate of drug-likeness (QED) is 0.649. The van der Waals surface area contributed by atoms with Crippen LogP contribution in [0, 0.1) is 19.7 Å². The van der Waals surface area contributed by atoms with Gasteiger partial charge in [0.05, 0.1) is 0 Å². The lowest BCUT2D eigenvalue weighted by atomic mass is 9.97. The van der Waals surface area contributed by atoms with E-state index in [2.05, 4.69) is 0 Å². The minimum absolute atomic E-state index is 0.182. The molecule has 0 amide bonds. The van der Waals surface area contributed by atoms with E-state index in [9.17, 15) is 4.39 Å². The van der Waals surface area contributed by atoms with Crippen LogP contribution in [-0.4, -0.2) is 0 Å². The minimum Gasteiger partial charge on any atom is -0.207 e. The number of benzene rings is 2. The van der Waals surface area contributed by atoms with Gasteiger partial charge in [0, 0.05) is 0 Å². The van der Waals surface area contributed by atoms with Gasteiger partial charge in [-0.05, 0) is 48.2 Å². The van der Waals surface area contributed by atoms with Crippen molar-refractivity contribution in [3.8, 4) is 11.1 Å². The van der Waals surface area contributed by atoms with Crippen LogP contribution in [0.15, 0.2) is 42.5 Å². The summed E-state index contributed by atoms with van der Waals surface area (Å²) in [6, 6.07) is 12.9. The van der Waals surface area contributed by atoms with Crippen molar-refractivity contribution in [3.05, 3.63) is 59.4 Å². The number of halogens is 1. The standard InChI is InChI=1S/C14H13F/c1-10-5-3-4-6-13(10)14-9-12(15)8-7-11(14)2/h3-9H,1-2H3. The Morgan fingerprint density at radius 2 is 1.47 bits per heavy atom. The molecule has 2 rings (SSSR count). The normalized spacial score (nSPS) is 10.3. The van der Waals surface area contributed by atoms with Gasteiger partial charge in [-0.15, -0.1) is 0 Å². The Balaban J connectivity index is 2.64. The van der Waals surface area contributed by atoms with E-state index in [0.717, 1.165) is 16.7 Å². The highest BCUT2D eigenvalue weighted by Gasteiger charge is 2.05. The molecule has 0 fully saturated rings. The summed E-state index contributed by atoms with van der Waals surface area (Å²) >= 11 is 0. The van der Waals surface area contributed by atoms with Gasteiger partial charge >= 0.3 is 0 Å². The van der Waals surface area contributed by atoms with Crippen molar-refractivity contribution in [3.63, 3.8) is 0 Å². The van der Waals surface area contributed by atoms with Crippen LogP contribution in [0.4, 0.5) is 4.39 Å². The van der Waals surface area contributed by atoms with Gasteiger partial charge in [0.1, 0.15) is 5.82 Å². The Morgan fingerprint density at radius 1 is 0.800 bits per heavy atom. The largest absolute Gasteiger partial charge is 0.207 e. The molecule has 1 heteroatoms. The third-order valence-corrected chi connectivity index (χ3v) is 2.63. The Kier molecular flexibility index (Phi) is 2.55. The first kappa shape index (κ1) is 9.91. The molecule has 0 atom stereocenters. The van der Waals surface area contributed by atoms with Crippen molar-refractivity contribution in [2.24, 2.45) is 0 Å². The molecule has 0 aliphatic rings.